The molecule has 2 unspecified atom stereocenters. The maximum atomic E-state index is 12.6. The predicted octanol–water partition coefficient (Wildman–Crippen LogP) is 29.2. The summed E-state index contributed by atoms with van der Waals surface area (Å²) >= 11 is 0. The first kappa shape index (κ1) is 92.3. The van der Waals surface area contributed by atoms with E-state index in [2.05, 4.69) is 43.5 Å². The monoisotopic (exact) mass is 1320 g/mol. The van der Waals surface area contributed by atoms with E-state index >= 15 is 0 Å². The van der Waals surface area contributed by atoms with Crippen LogP contribution in [0, 0.1) is 0 Å². The van der Waals surface area contributed by atoms with Gasteiger partial charge in [-0.2, -0.15) is 0 Å². The number of unbranched alkanes of at least 4 members (excludes halogenated alkanes) is 68. The number of nitrogens with one attached hydrogen (secondary N) is 1. The Balaban J connectivity index is 3.33. The van der Waals surface area contributed by atoms with E-state index in [1.165, 1.54) is 430 Å². The average molecular weight is 1320 g/mol. The molecule has 0 aliphatic rings. The summed E-state index contributed by atoms with van der Waals surface area (Å²) in [6, 6.07) is -0.540. The number of hydrogen-bond acceptors (Lipinski definition) is 5. The molecule has 0 saturated heterocycles. The summed E-state index contributed by atoms with van der Waals surface area (Å²) in [4.78, 5) is 24.7. The van der Waals surface area contributed by atoms with Crippen molar-refractivity contribution in [1.82, 2.24) is 5.32 Å². The van der Waals surface area contributed by atoms with Crippen LogP contribution in [-0.4, -0.2) is 47.4 Å². The van der Waals surface area contributed by atoms with Crippen molar-refractivity contribution >= 4 is 11.9 Å². The number of amides is 1. The van der Waals surface area contributed by atoms with Crippen molar-refractivity contribution in [1.29, 1.82) is 0 Å². The maximum absolute atomic E-state index is 12.6. The van der Waals surface area contributed by atoms with Crippen LogP contribution in [0.1, 0.15) is 502 Å². The maximum Gasteiger partial charge on any atom is 0.305 e. The lowest BCUT2D eigenvalue weighted by molar-refractivity contribution is -0.143. The van der Waals surface area contributed by atoms with E-state index in [4.69, 9.17) is 4.74 Å². The van der Waals surface area contributed by atoms with Crippen LogP contribution < -0.4 is 5.32 Å². The minimum atomic E-state index is -0.663. The van der Waals surface area contributed by atoms with Crippen LogP contribution in [0.5, 0.6) is 0 Å². The van der Waals surface area contributed by atoms with Crippen LogP contribution in [-0.2, 0) is 14.3 Å². The Morgan fingerprint density at radius 3 is 0.755 bits per heavy atom. The predicted molar refractivity (Wildman–Crippen MR) is 417 cm³/mol. The molecular weight excluding hydrogens is 1150 g/mol. The van der Waals surface area contributed by atoms with Gasteiger partial charge in [0.25, 0.3) is 0 Å². The largest absolute Gasteiger partial charge is 0.466 e. The molecular formula is C88H171NO5. The van der Waals surface area contributed by atoms with Crippen LogP contribution in [0.15, 0.2) is 24.3 Å². The van der Waals surface area contributed by atoms with Crippen molar-refractivity contribution in [2.45, 2.75) is 514 Å². The molecule has 0 heterocycles. The van der Waals surface area contributed by atoms with Crippen molar-refractivity contribution in [2.24, 2.45) is 0 Å². The van der Waals surface area contributed by atoms with E-state index in [-0.39, 0.29) is 18.5 Å². The van der Waals surface area contributed by atoms with Gasteiger partial charge in [0.2, 0.25) is 5.91 Å². The van der Waals surface area contributed by atoms with Crippen molar-refractivity contribution in [2.75, 3.05) is 13.2 Å². The van der Waals surface area contributed by atoms with Gasteiger partial charge in [0.05, 0.1) is 25.4 Å². The van der Waals surface area contributed by atoms with Crippen molar-refractivity contribution in [3.8, 4) is 0 Å². The van der Waals surface area contributed by atoms with Crippen molar-refractivity contribution in [3.05, 3.63) is 24.3 Å². The van der Waals surface area contributed by atoms with Crippen LogP contribution in [0.2, 0.25) is 0 Å². The molecule has 1 amide bonds. The molecule has 0 aromatic heterocycles. The molecule has 0 aromatic carbocycles. The molecule has 0 spiro atoms. The smallest absolute Gasteiger partial charge is 0.305 e. The Morgan fingerprint density at radius 1 is 0.287 bits per heavy atom. The van der Waals surface area contributed by atoms with E-state index in [1.54, 1.807) is 0 Å². The van der Waals surface area contributed by atoms with Gasteiger partial charge < -0.3 is 20.3 Å². The van der Waals surface area contributed by atoms with E-state index in [0.717, 1.165) is 38.5 Å². The second-order valence-corrected chi connectivity index (χ2v) is 30.2. The summed E-state index contributed by atoms with van der Waals surface area (Å²) in [6.07, 6.45) is 109. The third kappa shape index (κ3) is 79.3. The molecule has 0 aromatic rings. The molecule has 0 fully saturated rings. The van der Waals surface area contributed by atoms with E-state index < -0.39 is 12.1 Å². The topological polar surface area (TPSA) is 95.9 Å². The fourth-order valence-electron chi connectivity index (χ4n) is 14.1. The minimum absolute atomic E-state index is 0.0193. The summed E-state index contributed by atoms with van der Waals surface area (Å²) in [5, 5.41) is 23.5. The zero-order chi connectivity index (χ0) is 67.7. The molecule has 6 heteroatoms. The summed E-state index contributed by atoms with van der Waals surface area (Å²) in [5.41, 5.74) is 0. The number of aliphatic hydroxyl groups excluding tert-OH is 2. The second-order valence-electron chi connectivity index (χ2n) is 30.2. The standard InChI is InChI=1S/C88H171NO5/c1-3-5-7-9-11-13-15-17-19-21-22-23-39-42-45-49-52-56-60-64-68-72-76-80-86(91)85(84-90)89-87(92)81-77-73-69-65-61-57-53-50-46-43-40-37-35-33-31-29-27-25-24-26-28-30-32-34-36-38-41-44-47-51-55-59-63-67-71-75-79-83-94-88(93)82-78-74-70-66-62-58-54-48-20-18-16-14-12-10-8-6-4-2/h18,20,24,26,85-86,90-91H,3-17,19,21-23,25,27-84H2,1-2H3,(H,89,92)/b20-18-,26-24-. The van der Waals surface area contributed by atoms with Gasteiger partial charge in [-0.1, -0.05) is 436 Å². The number of carbonyl (C=O) groups excluding carboxylic acids is 2. The molecule has 94 heavy (non-hydrogen) atoms. The summed E-state index contributed by atoms with van der Waals surface area (Å²) in [7, 11) is 0. The van der Waals surface area contributed by atoms with E-state index in [1.807, 2.05) is 0 Å². The first-order chi connectivity index (χ1) is 46.5. The second kappa shape index (κ2) is 83.8. The van der Waals surface area contributed by atoms with Gasteiger partial charge in [-0.05, 0) is 77.0 Å². The lowest BCUT2D eigenvalue weighted by atomic mass is 10.0. The Kier molecular flexibility index (Phi) is 82.3. The average Bonchev–Trinajstić information content (AvgIpc) is 3.79. The SMILES string of the molecule is CCCCCCCC/C=C\CCCCCCCCCC(=O)OCCCCCCCCCCCCCCCCCC/C=C\CCCCCCCCCCCCCCCCCCCC(=O)NC(CO)C(O)CCCCCCCCCCCCCCCCCCCCCCCCC. The highest BCUT2D eigenvalue weighted by Crippen LogP contribution is 2.21. The summed E-state index contributed by atoms with van der Waals surface area (Å²) < 4.78 is 5.51. The zero-order valence-corrected chi connectivity index (χ0v) is 64.2. The number of esters is 1. The minimum Gasteiger partial charge on any atom is -0.466 e. The molecule has 0 radical (unpaired) electrons. The quantitative estimate of drug-likeness (QED) is 0.0320. The highest BCUT2D eigenvalue weighted by atomic mass is 16.5. The van der Waals surface area contributed by atoms with Gasteiger partial charge in [-0.3, -0.25) is 9.59 Å². The number of allylic oxidation sites excluding steroid dienone is 4. The Labute approximate surface area is 590 Å². The normalized spacial score (nSPS) is 12.5. The van der Waals surface area contributed by atoms with Crippen LogP contribution in [0.3, 0.4) is 0 Å². The highest BCUT2D eigenvalue weighted by Gasteiger charge is 2.20. The van der Waals surface area contributed by atoms with Crippen LogP contribution in [0.4, 0.5) is 0 Å². The van der Waals surface area contributed by atoms with Gasteiger partial charge in [-0.25, -0.2) is 0 Å². The highest BCUT2D eigenvalue weighted by molar-refractivity contribution is 5.76. The third-order valence-electron chi connectivity index (χ3n) is 20.7. The molecule has 0 saturated carbocycles. The zero-order valence-electron chi connectivity index (χ0n) is 64.2. The Bertz CT molecular complexity index is 1480. The van der Waals surface area contributed by atoms with E-state index in [9.17, 15) is 19.8 Å². The molecule has 0 aliphatic carbocycles. The van der Waals surface area contributed by atoms with Gasteiger partial charge in [-0.15, -0.1) is 0 Å². The van der Waals surface area contributed by atoms with E-state index in [0.29, 0.717) is 25.9 Å². The fourth-order valence-corrected chi connectivity index (χ4v) is 14.1. The number of rotatable bonds is 83. The number of carbonyl (C=O) groups is 2. The number of ether oxygens (including phenoxy) is 1. The Morgan fingerprint density at radius 2 is 0.500 bits per heavy atom. The molecule has 0 bridgehead atoms. The number of hydrogen-bond donors (Lipinski definition) is 3. The van der Waals surface area contributed by atoms with Crippen LogP contribution >= 0.6 is 0 Å². The number of aliphatic hydroxyl groups is 2. The molecule has 6 nitrogen and oxygen atoms in total. The molecule has 0 aliphatic heterocycles. The van der Waals surface area contributed by atoms with Crippen molar-refractivity contribution in [3.63, 3.8) is 0 Å². The van der Waals surface area contributed by atoms with Crippen molar-refractivity contribution < 1.29 is 24.5 Å². The summed E-state index contributed by atoms with van der Waals surface area (Å²) in [6.45, 7) is 5.01. The first-order valence-corrected chi connectivity index (χ1v) is 43.6. The molecule has 2 atom stereocenters. The third-order valence-corrected chi connectivity index (χ3v) is 20.7. The lowest BCUT2D eigenvalue weighted by Gasteiger charge is -2.22. The van der Waals surface area contributed by atoms with Gasteiger partial charge >= 0.3 is 5.97 Å². The fraction of sp³-hybridized carbons (Fsp3) is 0.932. The molecule has 3 N–H and O–H groups in total. The van der Waals surface area contributed by atoms with Gasteiger partial charge in [0, 0.05) is 12.8 Å². The Hall–Kier alpha value is -1.66. The van der Waals surface area contributed by atoms with Gasteiger partial charge in [0.15, 0.2) is 0 Å². The first-order valence-electron chi connectivity index (χ1n) is 43.6. The summed E-state index contributed by atoms with van der Waals surface area (Å²) in [5.74, 6) is -0.00546. The van der Waals surface area contributed by atoms with Gasteiger partial charge in [0.1, 0.15) is 0 Å². The lowest BCUT2D eigenvalue weighted by Crippen LogP contribution is -2.45. The molecule has 0 rings (SSSR count). The van der Waals surface area contributed by atoms with Crippen LogP contribution in [0.25, 0.3) is 0 Å². The molecule has 558 valence electrons.